The first-order valence-electron chi connectivity index (χ1n) is 40.9. The summed E-state index contributed by atoms with van der Waals surface area (Å²) in [4.78, 5) is 176. The van der Waals surface area contributed by atoms with Gasteiger partial charge in [-0.1, -0.05) is 153 Å². The van der Waals surface area contributed by atoms with Gasteiger partial charge in [-0.2, -0.15) is 0 Å². The van der Waals surface area contributed by atoms with Gasteiger partial charge >= 0.3 is 254 Å². The van der Waals surface area contributed by atoms with E-state index < -0.39 is 210 Å². The Hall–Kier alpha value is -0.450. The second-order valence-corrected chi connectivity index (χ2v) is 39.2. The Morgan fingerprint density at radius 3 is 0.705 bits per heavy atom. The van der Waals surface area contributed by atoms with Gasteiger partial charge in [-0.3, -0.25) is 79.5 Å². The number of benzene rings is 3. The Bertz CT molecular complexity index is 3970. The van der Waals surface area contributed by atoms with Crippen molar-refractivity contribution in [1.82, 2.24) is 0 Å². The molecule has 6 N–H and O–H groups in total. The fraction of sp³-hybridized carbons (Fsp3) is 0.654. The van der Waals surface area contributed by atoms with Crippen LogP contribution >= 0.6 is 46.3 Å². The Kier molecular flexibility index (Phi) is 69.9. The van der Waals surface area contributed by atoms with Gasteiger partial charge in [0, 0.05) is 77.8 Å². The van der Waals surface area contributed by atoms with Crippen molar-refractivity contribution in [2.45, 2.75) is 308 Å². The summed E-state index contributed by atoms with van der Waals surface area (Å²) in [6, 6.07) is 26.3. The molecule has 0 bridgehead atoms. The Labute approximate surface area is 901 Å². The quantitative estimate of drug-likeness (QED) is 0.0132. The summed E-state index contributed by atoms with van der Waals surface area (Å²) in [5.74, 6) is -7.86. The smallest absolute Gasteiger partial charge is 0.790 e. The molecule has 3 aromatic rings. The van der Waals surface area contributed by atoms with E-state index in [-0.39, 0.29) is 274 Å². The van der Waals surface area contributed by atoms with Crippen LogP contribution in [0.5, 0.6) is 0 Å². The molecule has 3 aromatic carbocycles. The van der Waals surface area contributed by atoms with Crippen LogP contribution in [0.25, 0.3) is 0 Å². The molecule has 0 radical (unpaired) electrons. The van der Waals surface area contributed by atoms with Crippen molar-refractivity contribution in [3.8, 4) is 0 Å². The SMILES string of the molecule is CCCC(=O)OC1C(O)C(OC(=O)CCC)C(O)C(OC(=O)CCC)C1O.CCCC(=O)OC1C(OP(=O)([O-])[O-])C(OC(=O)CCC)C(OP(=O)(O)O)C(OC(=O)CCC)C1OP(=O)([O-])O.CCCC(=O)OC1C(OP(C)(C)=O)C(OC(=O)CCC)C(OP(=O)(OCc2ccccc2)OCc2ccccc2)C(OC(=O)CCC)C1OP(C)(=O)OCc1ccccc1.[Na+].[Na+].[Na+].[Na+].[Na+].[Na+]. The third-order valence-corrected chi connectivity index (χ3v) is 22.8. The Morgan fingerprint density at radius 2 is 0.485 bits per heavy atom. The van der Waals surface area contributed by atoms with Gasteiger partial charge in [-0.15, -0.1) is 0 Å². The molecule has 0 heterocycles. The topological polar surface area (TPSA) is 613 Å². The molecule has 3 aliphatic rings. The first-order valence-corrected chi connectivity index (χ1v) is 51.4. The number of carbonyl (C=O) groups is 9. The van der Waals surface area contributed by atoms with Gasteiger partial charge in [-0.25, -0.2) is 9.13 Å². The second-order valence-electron chi connectivity index (χ2n) is 29.4. The molecular weight excluding hydrogens is 1930 g/mol. The van der Waals surface area contributed by atoms with Gasteiger partial charge < -0.3 is 110 Å². The van der Waals surface area contributed by atoms with E-state index in [1.807, 2.05) is 0 Å². The van der Waals surface area contributed by atoms with E-state index in [4.69, 9.17) is 69.8 Å². The average molecular weight is 2050 g/mol. The first-order chi connectivity index (χ1) is 59.1. The summed E-state index contributed by atoms with van der Waals surface area (Å²) in [6.45, 7) is 18.0. The summed E-state index contributed by atoms with van der Waals surface area (Å²) in [6.07, 6.45) is -33.3. The number of phosphoric ester groups is 4. The van der Waals surface area contributed by atoms with Crippen LogP contribution < -0.4 is 192 Å². The maximum atomic E-state index is 15.1. The van der Waals surface area contributed by atoms with Crippen LogP contribution in [-0.4, -0.2) is 214 Å². The fourth-order valence-corrected chi connectivity index (χ4v) is 17.5. The number of aliphatic hydroxyl groups excluding tert-OH is 3. The van der Waals surface area contributed by atoms with E-state index in [0.717, 1.165) is 0 Å². The van der Waals surface area contributed by atoms with Gasteiger partial charge in [0.15, 0.2) is 62.3 Å². The molecule has 42 nitrogen and oxygen atoms in total. The number of phosphoric acid groups is 4. The van der Waals surface area contributed by atoms with Crippen molar-refractivity contribution in [1.29, 1.82) is 0 Å². The van der Waals surface area contributed by atoms with E-state index in [9.17, 15) is 111 Å². The molecule has 3 fully saturated rings. The van der Waals surface area contributed by atoms with E-state index in [1.165, 1.54) is 40.8 Å². The minimum atomic E-state index is -6.15. The molecule has 3 saturated carbocycles. The fourth-order valence-electron chi connectivity index (χ4n) is 12.6. The van der Waals surface area contributed by atoms with Crippen LogP contribution in [0.4, 0.5) is 0 Å². The third kappa shape index (κ3) is 50.2. The molecule has 3 aliphatic carbocycles. The van der Waals surface area contributed by atoms with E-state index in [1.54, 1.807) is 133 Å². The van der Waals surface area contributed by atoms with Gasteiger partial charge in [0.2, 0.25) is 0 Å². The number of carbonyl (C=O) groups excluding carboxylic acids is 9. The van der Waals surface area contributed by atoms with Gasteiger partial charge in [0.25, 0.3) is 7.82 Å². The molecule has 0 aliphatic heterocycles. The van der Waals surface area contributed by atoms with Crippen molar-refractivity contribution in [2.24, 2.45) is 0 Å². The zero-order valence-corrected chi connectivity index (χ0v) is 95.3. The molecule has 54 heteroatoms. The van der Waals surface area contributed by atoms with Crippen LogP contribution in [-0.2, 0) is 174 Å². The van der Waals surface area contributed by atoms with Crippen molar-refractivity contribution >= 4 is 100.0 Å². The predicted octanol–water partition coefficient (Wildman–Crippen LogP) is -9.67. The zero-order valence-electron chi connectivity index (χ0n) is 78.0. The van der Waals surface area contributed by atoms with E-state index >= 15 is 4.57 Å². The monoisotopic (exact) mass is 2050 g/mol. The molecule has 0 amide bonds. The number of ether oxygens (including phenoxy) is 9. The summed E-state index contributed by atoms with van der Waals surface area (Å²) in [7, 11) is -30.5. The van der Waals surface area contributed by atoms with Crippen molar-refractivity contribution < 1.29 is 376 Å². The molecule has 6 rings (SSSR count). The number of hydrogen-bond donors (Lipinski definition) is 6. The number of rotatable bonds is 48. The second kappa shape index (κ2) is 68.0. The zero-order chi connectivity index (χ0) is 94.5. The molecule has 0 spiro atoms. The summed E-state index contributed by atoms with van der Waals surface area (Å²) in [5.41, 5.74) is 1.84. The van der Waals surface area contributed by atoms with Gasteiger partial charge in [0.05, 0.1) is 27.6 Å². The van der Waals surface area contributed by atoms with Crippen molar-refractivity contribution in [3.05, 3.63) is 108 Å². The average Bonchev–Trinajstić information content (AvgIpc) is 0.730. The van der Waals surface area contributed by atoms with Crippen LogP contribution in [0, 0.1) is 0 Å². The molecular formula is C78H117Na6O42P6+3. The first kappa shape index (κ1) is 136. The maximum Gasteiger partial charge on any atom is 1.00 e. The van der Waals surface area contributed by atoms with Gasteiger partial charge in [-0.05, 0) is 74.5 Å². The maximum absolute atomic E-state index is 15.1. The molecule has 14 unspecified atom stereocenters. The Morgan fingerprint density at radius 1 is 0.280 bits per heavy atom. The molecule has 0 aromatic heterocycles. The number of aliphatic hydroxyl groups is 3. The van der Waals surface area contributed by atoms with Crippen molar-refractivity contribution in [2.75, 3.05) is 20.0 Å². The van der Waals surface area contributed by atoms with E-state index in [0.29, 0.717) is 55.2 Å². The van der Waals surface area contributed by atoms with E-state index in [2.05, 4.69) is 13.6 Å². The summed E-state index contributed by atoms with van der Waals surface area (Å²) in [5, 5.41) is 31.3. The standard InChI is InChI=1S/C42H57O15P3.C18H33O18P3.C18H30O9.6Na/c1-7-19-34(43)52-37-40(55-58(4,5)46)38(53-35(44)20-8-2)42(57-60(48,50-29-32-24-15-11-16-25-32)51-30-33-26-17-12-18-27-33)39(54-36(45)21-9-3)41(37)56-59(6,47)49-28-31-22-13-10-14-23-31;1-4-7-10(19)31-13-16(34-37(22,23)24)14(32-11(20)8-5-2)18(36-39(28,29)30)15(33-12(21)9-6-3)17(13)35-38(25,26)27;1-4-7-10(19)25-16-13(22)17(26-11(20)8-5-2)15(24)18(14(16)23)27-12(21)9-6-3;;;;;;/h10-18,22-27,37-42H,7-9,19-21,28-30H2,1-6H3;13-18H,4-9H2,1-3H3,(H2,22,23,24)(H2,25,26,27)(H2,28,29,30);13-18,22-24H,4-9H2,1-3H3;;;;;;/q;;;6*+1/p-3. The van der Waals surface area contributed by atoms with Crippen LogP contribution in [0.15, 0.2) is 91.0 Å². The van der Waals surface area contributed by atoms with Crippen LogP contribution in [0.2, 0.25) is 0 Å². The largest absolute Gasteiger partial charge is 1.00 e. The number of esters is 9. The van der Waals surface area contributed by atoms with Crippen molar-refractivity contribution in [3.63, 3.8) is 0 Å². The summed E-state index contributed by atoms with van der Waals surface area (Å²) < 4.78 is 177. The Balaban J connectivity index is -0.00000200. The normalized spacial score (nSPS) is 24.2. The third-order valence-electron chi connectivity index (χ3n) is 17.9. The van der Waals surface area contributed by atoms with Crippen LogP contribution in [0.3, 0.4) is 0 Å². The molecule has 714 valence electrons. The van der Waals surface area contributed by atoms with Gasteiger partial charge in [0.1, 0.15) is 54.9 Å². The molecule has 0 saturated heterocycles. The minimum Gasteiger partial charge on any atom is -0.790 e. The van der Waals surface area contributed by atoms with Crippen LogP contribution in [0.1, 0.15) is 195 Å². The number of hydrogen-bond acceptors (Lipinski definition) is 39. The molecule has 132 heavy (non-hydrogen) atoms. The minimum absolute atomic E-state index is 0. The summed E-state index contributed by atoms with van der Waals surface area (Å²) >= 11 is 0. The molecule has 14 atom stereocenters. The predicted molar refractivity (Wildman–Crippen MR) is 434 cm³/mol.